The second-order valence-electron chi connectivity index (χ2n) is 4.14. The zero-order valence-corrected chi connectivity index (χ0v) is 10.7. The molecule has 1 N–H and O–H groups in total. The van der Waals surface area contributed by atoms with Gasteiger partial charge in [-0.25, -0.2) is 4.39 Å². The lowest BCUT2D eigenvalue weighted by Crippen LogP contribution is -2.09. The molecule has 0 saturated carbocycles. The largest absolute Gasteiger partial charge is 0.432 e. The number of hydrogen-bond donors (Lipinski definition) is 1. The summed E-state index contributed by atoms with van der Waals surface area (Å²) in [4.78, 5) is 4.17. The minimum atomic E-state index is -3.05. The van der Waals surface area contributed by atoms with E-state index in [1.165, 1.54) is 6.07 Å². The van der Waals surface area contributed by atoms with Crippen LogP contribution in [0.2, 0.25) is 0 Å². The Morgan fingerprint density at radius 3 is 2.60 bits per heavy atom. The predicted octanol–water partition coefficient (Wildman–Crippen LogP) is 4.00. The molecule has 1 aromatic heterocycles. The molecule has 0 spiro atoms. The van der Waals surface area contributed by atoms with E-state index in [-0.39, 0.29) is 6.04 Å². The van der Waals surface area contributed by atoms with Crippen LogP contribution in [0.3, 0.4) is 0 Å². The van der Waals surface area contributed by atoms with Crippen LogP contribution in [0.25, 0.3) is 0 Å². The van der Waals surface area contributed by atoms with Gasteiger partial charge in [-0.05, 0) is 31.2 Å². The molecule has 106 valence electrons. The van der Waals surface area contributed by atoms with Gasteiger partial charge < -0.3 is 10.1 Å². The maximum Gasteiger partial charge on any atom is 0.387 e. The smallest absolute Gasteiger partial charge is 0.387 e. The van der Waals surface area contributed by atoms with Crippen molar-refractivity contribution in [1.82, 2.24) is 4.98 Å². The molecule has 0 bridgehead atoms. The molecule has 3 nitrogen and oxygen atoms in total. The zero-order valence-electron chi connectivity index (χ0n) is 10.7. The van der Waals surface area contributed by atoms with Gasteiger partial charge >= 0.3 is 6.61 Å². The Kier molecular flexibility index (Phi) is 4.45. The van der Waals surface area contributed by atoms with E-state index >= 15 is 0 Å². The number of ether oxygens (including phenoxy) is 1. The number of nitrogens with zero attached hydrogens (tertiary/aromatic N) is 1. The second kappa shape index (κ2) is 6.27. The van der Waals surface area contributed by atoms with Crippen molar-refractivity contribution in [3.63, 3.8) is 0 Å². The molecule has 0 radical (unpaired) electrons. The fourth-order valence-electron chi connectivity index (χ4n) is 1.74. The standard InChI is InChI=1S/C14H13F3N2O/c1-9(12-4-2-3-7-18-12)19-10-5-6-13(11(15)8-10)20-14(16)17/h2-9,14,19H,1H3. The Balaban J connectivity index is 2.09. The van der Waals surface area contributed by atoms with E-state index in [0.29, 0.717) is 5.69 Å². The normalized spacial score (nSPS) is 12.2. The molecule has 0 saturated heterocycles. The summed E-state index contributed by atoms with van der Waals surface area (Å²) in [7, 11) is 0. The van der Waals surface area contributed by atoms with Gasteiger partial charge in [0.1, 0.15) is 0 Å². The number of nitrogens with one attached hydrogen (secondary N) is 1. The van der Waals surface area contributed by atoms with Crippen LogP contribution in [0.5, 0.6) is 5.75 Å². The Hall–Kier alpha value is -2.24. The highest BCUT2D eigenvalue weighted by Gasteiger charge is 2.12. The first-order chi connectivity index (χ1) is 9.56. The first-order valence-corrected chi connectivity index (χ1v) is 5.98. The number of benzene rings is 1. The molecule has 1 aromatic carbocycles. The van der Waals surface area contributed by atoms with Crippen LogP contribution < -0.4 is 10.1 Å². The van der Waals surface area contributed by atoms with Crippen LogP contribution in [0.1, 0.15) is 18.7 Å². The minimum absolute atomic E-state index is 0.141. The zero-order chi connectivity index (χ0) is 14.5. The highest BCUT2D eigenvalue weighted by Crippen LogP contribution is 2.25. The average Bonchev–Trinajstić information content (AvgIpc) is 2.42. The summed E-state index contributed by atoms with van der Waals surface area (Å²) >= 11 is 0. The van der Waals surface area contributed by atoms with Gasteiger partial charge in [0, 0.05) is 18.0 Å². The SMILES string of the molecule is CC(Nc1ccc(OC(F)F)c(F)c1)c1ccccn1. The second-order valence-corrected chi connectivity index (χ2v) is 4.14. The Bertz CT molecular complexity index is 564. The third kappa shape index (κ3) is 3.63. The number of aromatic nitrogens is 1. The predicted molar refractivity (Wildman–Crippen MR) is 69.3 cm³/mol. The van der Waals surface area contributed by atoms with Gasteiger partial charge in [0.25, 0.3) is 0 Å². The van der Waals surface area contributed by atoms with Crippen LogP contribution in [0, 0.1) is 5.82 Å². The van der Waals surface area contributed by atoms with E-state index in [2.05, 4.69) is 15.0 Å². The lowest BCUT2D eigenvalue weighted by atomic mass is 10.2. The van der Waals surface area contributed by atoms with Crippen LogP contribution in [-0.2, 0) is 0 Å². The summed E-state index contributed by atoms with van der Waals surface area (Å²) in [6.07, 6.45) is 1.66. The van der Waals surface area contributed by atoms with Crippen molar-refractivity contribution in [2.75, 3.05) is 5.32 Å². The fourth-order valence-corrected chi connectivity index (χ4v) is 1.74. The highest BCUT2D eigenvalue weighted by molar-refractivity contribution is 5.48. The molecule has 1 heterocycles. The van der Waals surface area contributed by atoms with E-state index in [9.17, 15) is 13.2 Å². The van der Waals surface area contributed by atoms with Crippen LogP contribution in [-0.4, -0.2) is 11.6 Å². The molecule has 2 aromatic rings. The lowest BCUT2D eigenvalue weighted by Gasteiger charge is -2.15. The Morgan fingerprint density at radius 1 is 1.20 bits per heavy atom. The van der Waals surface area contributed by atoms with Gasteiger partial charge in [0.15, 0.2) is 11.6 Å². The monoisotopic (exact) mass is 282 g/mol. The van der Waals surface area contributed by atoms with Crippen molar-refractivity contribution in [3.8, 4) is 5.75 Å². The number of hydrogen-bond acceptors (Lipinski definition) is 3. The fraction of sp³-hybridized carbons (Fsp3) is 0.214. The molecule has 0 aliphatic rings. The van der Waals surface area contributed by atoms with Gasteiger partial charge in [-0.2, -0.15) is 8.78 Å². The van der Waals surface area contributed by atoms with Crippen molar-refractivity contribution in [2.45, 2.75) is 19.6 Å². The van der Waals surface area contributed by atoms with Crippen molar-refractivity contribution in [2.24, 2.45) is 0 Å². The van der Waals surface area contributed by atoms with Gasteiger partial charge in [0.05, 0.1) is 11.7 Å². The van der Waals surface area contributed by atoms with Crippen molar-refractivity contribution >= 4 is 5.69 Å². The third-order valence-corrected chi connectivity index (χ3v) is 2.66. The first-order valence-electron chi connectivity index (χ1n) is 5.98. The number of rotatable bonds is 5. The molecule has 0 amide bonds. The van der Waals surface area contributed by atoms with Gasteiger partial charge in [-0.3, -0.25) is 4.98 Å². The summed E-state index contributed by atoms with van der Waals surface area (Å²) in [5.41, 5.74) is 1.25. The number of pyridine rings is 1. The maximum atomic E-state index is 13.5. The number of alkyl halides is 2. The summed E-state index contributed by atoms with van der Waals surface area (Å²) < 4.78 is 41.6. The molecular weight excluding hydrogens is 269 g/mol. The maximum absolute atomic E-state index is 13.5. The third-order valence-electron chi connectivity index (χ3n) is 2.66. The van der Waals surface area contributed by atoms with E-state index in [1.807, 2.05) is 19.1 Å². The van der Waals surface area contributed by atoms with E-state index < -0.39 is 18.2 Å². The van der Waals surface area contributed by atoms with Crippen molar-refractivity contribution < 1.29 is 17.9 Å². The van der Waals surface area contributed by atoms with E-state index in [0.717, 1.165) is 17.8 Å². The first kappa shape index (κ1) is 14.2. The molecule has 6 heteroatoms. The lowest BCUT2D eigenvalue weighted by molar-refractivity contribution is -0.0521. The quantitative estimate of drug-likeness (QED) is 0.900. The summed E-state index contributed by atoms with van der Waals surface area (Å²) in [5, 5.41) is 3.03. The summed E-state index contributed by atoms with van der Waals surface area (Å²) in [6, 6.07) is 9.08. The van der Waals surface area contributed by atoms with Crippen molar-refractivity contribution in [1.29, 1.82) is 0 Å². The molecule has 0 aliphatic carbocycles. The minimum Gasteiger partial charge on any atom is -0.432 e. The van der Waals surface area contributed by atoms with Crippen LogP contribution >= 0.6 is 0 Å². The van der Waals surface area contributed by atoms with E-state index in [1.54, 1.807) is 12.3 Å². The van der Waals surface area contributed by atoms with E-state index in [4.69, 9.17) is 0 Å². The van der Waals surface area contributed by atoms with Gasteiger partial charge in [-0.15, -0.1) is 0 Å². The molecule has 2 rings (SSSR count). The van der Waals surface area contributed by atoms with Crippen LogP contribution in [0.4, 0.5) is 18.9 Å². The summed E-state index contributed by atoms with van der Waals surface area (Å²) in [5.74, 6) is -1.32. The molecule has 0 aliphatic heterocycles. The van der Waals surface area contributed by atoms with Crippen molar-refractivity contribution in [3.05, 3.63) is 54.1 Å². The molecule has 20 heavy (non-hydrogen) atoms. The molecular formula is C14H13F3N2O. The summed E-state index contributed by atoms with van der Waals surface area (Å²) in [6.45, 7) is -1.18. The number of anilines is 1. The molecule has 0 fully saturated rings. The van der Waals surface area contributed by atoms with Gasteiger partial charge in [0.2, 0.25) is 0 Å². The average molecular weight is 282 g/mol. The Morgan fingerprint density at radius 2 is 2.00 bits per heavy atom. The number of halogens is 3. The highest BCUT2D eigenvalue weighted by atomic mass is 19.3. The Labute approximate surface area is 114 Å². The topological polar surface area (TPSA) is 34.1 Å². The molecule has 1 atom stereocenters. The van der Waals surface area contributed by atoms with Gasteiger partial charge in [-0.1, -0.05) is 6.07 Å². The van der Waals surface area contributed by atoms with Crippen LogP contribution in [0.15, 0.2) is 42.6 Å². The molecule has 1 unspecified atom stereocenters.